The van der Waals surface area contributed by atoms with E-state index >= 15 is 0 Å². The predicted molar refractivity (Wildman–Crippen MR) is 89.4 cm³/mol. The number of nitrogens with zero attached hydrogens (tertiary/aromatic N) is 2. The maximum absolute atomic E-state index is 12.4. The molecule has 3 rings (SSSR count). The second-order valence-electron chi connectivity index (χ2n) is 4.79. The van der Waals surface area contributed by atoms with E-state index in [9.17, 15) is 4.79 Å². The minimum Gasteiger partial charge on any atom is -0.293 e. The van der Waals surface area contributed by atoms with Crippen molar-refractivity contribution in [2.24, 2.45) is 0 Å². The van der Waals surface area contributed by atoms with Gasteiger partial charge in [0.15, 0.2) is 10.9 Å². The van der Waals surface area contributed by atoms with Crippen molar-refractivity contribution < 1.29 is 4.79 Å². The smallest absolute Gasteiger partial charge is 0.176 e. The van der Waals surface area contributed by atoms with Crippen LogP contribution < -0.4 is 0 Å². The molecule has 0 bridgehead atoms. The van der Waals surface area contributed by atoms with Crippen molar-refractivity contribution in [2.75, 3.05) is 0 Å². The third-order valence-corrected chi connectivity index (χ3v) is 4.76. The van der Waals surface area contributed by atoms with Crippen LogP contribution in [0.4, 0.5) is 0 Å². The lowest BCUT2D eigenvalue weighted by Crippen LogP contribution is -1.99. The van der Waals surface area contributed by atoms with Crippen LogP contribution in [0.25, 0.3) is 10.6 Å². The van der Waals surface area contributed by atoms with Crippen molar-refractivity contribution in [3.8, 4) is 10.6 Å². The van der Waals surface area contributed by atoms with E-state index in [1.165, 1.54) is 11.3 Å². The molecule has 0 aliphatic carbocycles. The van der Waals surface area contributed by atoms with Crippen molar-refractivity contribution in [2.45, 2.75) is 12.8 Å². The van der Waals surface area contributed by atoms with Gasteiger partial charge in [0.05, 0.1) is 0 Å². The quantitative estimate of drug-likeness (QED) is 0.639. The normalized spacial score (nSPS) is 10.6. The molecule has 1 aromatic carbocycles. The predicted octanol–water partition coefficient (Wildman–Crippen LogP) is 4.67. The third kappa shape index (κ3) is 3.40. The first-order chi connectivity index (χ1) is 10.7. The van der Waals surface area contributed by atoms with Crippen LogP contribution in [0.5, 0.6) is 0 Å². The zero-order chi connectivity index (χ0) is 15.4. The van der Waals surface area contributed by atoms with E-state index in [4.69, 9.17) is 11.6 Å². The molecule has 5 heteroatoms. The lowest BCUT2D eigenvalue weighted by molar-refractivity contribution is 0.0986. The van der Waals surface area contributed by atoms with Gasteiger partial charge < -0.3 is 0 Å². The standard InChI is InChI=1S/C17H13ClN2OS/c18-16-15(14(21)9-8-12-5-2-1-3-6-12)22-17(20-16)13-7-4-10-19-11-13/h1-7,10-11H,8-9H2. The molecule has 0 unspecified atom stereocenters. The molecule has 0 saturated carbocycles. The highest BCUT2D eigenvalue weighted by Gasteiger charge is 2.17. The summed E-state index contributed by atoms with van der Waals surface area (Å²) in [5, 5.41) is 1.00. The van der Waals surface area contributed by atoms with E-state index < -0.39 is 0 Å². The number of aromatic nitrogens is 2. The number of hydrogen-bond acceptors (Lipinski definition) is 4. The summed E-state index contributed by atoms with van der Waals surface area (Å²) in [7, 11) is 0. The summed E-state index contributed by atoms with van der Waals surface area (Å²) in [6.45, 7) is 0. The van der Waals surface area contributed by atoms with Crippen molar-refractivity contribution in [1.29, 1.82) is 0 Å². The molecule has 2 aromatic heterocycles. The van der Waals surface area contributed by atoms with E-state index in [0.717, 1.165) is 16.1 Å². The van der Waals surface area contributed by atoms with Gasteiger partial charge in [0, 0.05) is 24.4 Å². The average molecular weight is 329 g/mol. The highest BCUT2D eigenvalue weighted by Crippen LogP contribution is 2.31. The van der Waals surface area contributed by atoms with Gasteiger partial charge in [0.1, 0.15) is 9.88 Å². The molecule has 0 amide bonds. The van der Waals surface area contributed by atoms with Crippen molar-refractivity contribution in [1.82, 2.24) is 9.97 Å². The van der Waals surface area contributed by atoms with Crippen LogP contribution in [0.1, 0.15) is 21.7 Å². The number of Topliss-reactive ketones (excluding diaryl/α,β-unsaturated/α-hetero) is 1. The molecule has 0 N–H and O–H groups in total. The van der Waals surface area contributed by atoms with Crippen LogP contribution in [0.2, 0.25) is 5.15 Å². The number of aryl methyl sites for hydroxylation is 1. The van der Waals surface area contributed by atoms with Gasteiger partial charge in [-0.1, -0.05) is 41.9 Å². The van der Waals surface area contributed by atoms with E-state index in [-0.39, 0.29) is 10.9 Å². The molecule has 0 aliphatic heterocycles. The molecule has 0 radical (unpaired) electrons. The molecule has 0 atom stereocenters. The number of benzene rings is 1. The maximum Gasteiger partial charge on any atom is 0.176 e. The summed E-state index contributed by atoms with van der Waals surface area (Å²) < 4.78 is 0. The Labute approximate surface area is 137 Å². The highest BCUT2D eigenvalue weighted by atomic mass is 35.5. The number of hydrogen-bond donors (Lipinski definition) is 0. The average Bonchev–Trinajstić information content (AvgIpc) is 2.96. The Morgan fingerprint density at radius 1 is 1.14 bits per heavy atom. The summed E-state index contributed by atoms with van der Waals surface area (Å²) in [6, 6.07) is 13.7. The molecule has 3 aromatic rings. The number of halogens is 1. The molecule has 0 aliphatic rings. The molecular weight excluding hydrogens is 316 g/mol. The minimum atomic E-state index is 0.0292. The summed E-state index contributed by atoms with van der Waals surface area (Å²) in [6.07, 6.45) is 4.55. The van der Waals surface area contributed by atoms with E-state index in [2.05, 4.69) is 9.97 Å². The Kier molecular flexibility index (Phi) is 4.61. The number of rotatable bonds is 5. The van der Waals surface area contributed by atoms with Crippen molar-refractivity contribution in [3.63, 3.8) is 0 Å². The summed E-state index contributed by atoms with van der Waals surface area (Å²) in [5.41, 5.74) is 2.01. The lowest BCUT2D eigenvalue weighted by atomic mass is 10.1. The third-order valence-electron chi connectivity index (χ3n) is 3.23. The molecular formula is C17H13ClN2OS. The SMILES string of the molecule is O=C(CCc1ccccc1)c1sc(-c2cccnc2)nc1Cl. The number of pyridine rings is 1. The van der Waals surface area contributed by atoms with Crippen LogP contribution in [0.3, 0.4) is 0 Å². The molecule has 0 fully saturated rings. The summed E-state index contributed by atoms with van der Waals surface area (Å²) in [5.74, 6) is 0.0292. The molecule has 3 nitrogen and oxygen atoms in total. The van der Waals surface area contributed by atoms with Gasteiger partial charge in [0.25, 0.3) is 0 Å². The first-order valence-corrected chi connectivity index (χ1v) is 8.07. The summed E-state index contributed by atoms with van der Waals surface area (Å²) >= 11 is 7.45. The molecule has 0 spiro atoms. The number of carbonyl (C=O) groups is 1. The fourth-order valence-corrected chi connectivity index (χ4v) is 3.37. The number of carbonyl (C=O) groups excluding carboxylic acids is 1. The van der Waals surface area contributed by atoms with Crippen molar-refractivity contribution >= 4 is 28.7 Å². The van der Waals surface area contributed by atoms with Crippen molar-refractivity contribution in [3.05, 3.63) is 70.5 Å². The number of ketones is 1. The van der Waals surface area contributed by atoms with E-state index in [1.807, 2.05) is 42.5 Å². The number of thiazole rings is 1. The molecule has 2 heterocycles. The van der Waals surface area contributed by atoms with Gasteiger partial charge in [-0.3, -0.25) is 9.78 Å². The Balaban J connectivity index is 1.74. The van der Waals surface area contributed by atoms with Crippen LogP contribution >= 0.6 is 22.9 Å². The fraction of sp³-hybridized carbons (Fsp3) is 0.118. The minimum absolute atomic E-state index is 0.0292. The second-order valence-corrected chi connectivity index (χ2v) is 6.15. The van der Waals surface area contributed by atoms with Gasteiger partial charge in [-0.25, -0.2) is 4.98 Å². The fourth-order valence-electron chi connectivity index (χ4n) is 2.10. The highest BCUT2D eigenvalue weighted by molar-refractivity contribution is 7.17. The van der Waals surface area contributed by atoms with E-state index in [1.54, 1.807) is 12.4 Å². The van der Waals surface area contributed by atoms with Gasteiger partial charge in [-0.2, -0.15) is 0 Å². The molecule has 110 valence electrons. The first kappa shape index (κ1) is 14.9. The summed E-state index contributed by atoms with van der Waals surface area (Å²) in [4.78, 5) is 21.2. The topological polar surface area (TPSA) is 42.9 Å². The Hall–Kier alpha value is -2.04. The van der Waals surface area contributed by atoms with E-state index in [0.29, 0.717) is 17.7 Å². The largest absolute Gasteiger partial charge is 0.293 e. The van der Waals surface area contributed by atoms with Crippen LogP contribution in [-0.4, -0.2) is 15.8 Å². The van der Waals surface area contributed by atoms with Crippen LogP contribution in [0, 0.1) is 0 Å². The van der Waals surface area contributed by atoms with Gasteiger partial charge in [0.2, 0.25) is 0 Å². The van der Waals surface area contributed by atoms with Gasteiger partial charge in [-0.15, -0.1) is 11.3 Å². The Morgan fingerprint density at radius 2 is 1.95 bits per heavy atom. The second kappa shape index (κ2) is 6.81. The lowest BCUT2D eigenvalue weighted by Gasteiger charge is -1.99. The Morgan fingerprint density at radius 3 is 2.68 bits per heavy atom. The Bertz CT molecular complexity index is 772. The van der Waals surface area contributed by atoms with Gasteiger partial charge >= 0.3 is 0 Å². The monoisotopic (exact) mass is 328 g/mol. The first-order valence-electron chi connectivity index (χ1n) is 6.88. The maximum atomic E-state index is 12.4. The van der Waals surface area contributed by atoms with Gasteiger partial charge in [-0.05, 0) is 24.1 Å². The van der Waals surface area contributed by atoms with Crippen LogP contribution in [0.15, 0.2) is 54.9 Å². The van der Waals surface area contributed by atoms with Crippen LogP contribution in [-0.2, 0) is 6.42 Å². The molecule has 22 heavy (non-hydrogen) atoms. The zero-order valence-corrected chi connectivity index (χ0v) is 13.3. The molecule has 0 saturated heterocycles. The zero-order valence-electron chi connectivity index (χ0n) is 11.7.